The van der Waals surface area contributed by atoms with Crippen molar-refractivity contribution in [1.29, 1.82) is 0 Å². The van der Waals surface area contributed by atoms with Crippen LogP contribution in [0.25, 0.3) is 0 Å². The van der Waals surface area contributed by atoms with E-state index in [1.54, 1.807) is 24.3 Å². The molecule has 2 N–H and O–H groups in total. The van der Waals surface area contributed by atoms with Gasteiger partial charge in [0, 0.05) is 5.69 Å². The van der Waals surface area contributed by atoms with Crippen molar-refractivity contribution >= 4 is 34.8 Å². The van der Waals surface area contributed by atoms with Crippen molar-refractivity contribution < 1.29 is 14.0 Å². The molecule has 0 atom stereocenters. The Bertz CT molecular complexity index is 659. The van der Waals surface area contributed by atoms with Crippen LogP contribution in [-0.4, -0.2) is 11.8 Å². The van der Waals surface area contributed by atoms with Crippen LogP contribution in [0.4, 0.5) is 15.8 Å². The molecule has 0 unspecified atom stereocenters. The van der Waals surface area contributed by atoms with E-state index in [0.717, 1.165) is 0 Å². The lowest BCUT2D eigenvalue weighted by Gasteiger charge is -2.07. The highest BCUT2D eigenvalue weighted by Crippen LogP contribution is 2.20. The molecule has 108 valence electrons. The van der Waals surface area contributed by atoms with Crippen LogP contribution in [0.5, 0.6) is 0 Å². The Morgan fingerprint density at radius 1 is 0.952 bits per heavy atom. The van der Waals surface area contributed by atoms with Gasteiger partial charge in [0.15, 0.2) is 0 Å². The van der Waals surface area contributed by atoms with Crippen LogP contribution < -0.4 is 10.6 Å². The average Bonchev–Trinajstić information content (AvgIpc) is 2.44. The minimum atomic E-state index is -0.494. The average molecular weight is 307 g/mol. The highest BCUT2D eigenvalue weighted by molar-refractivity contribution is 6.33. The third kappa shape index (κ3) is 4.57. The Balaban J connectivity index is 1.89. The Morgan fingerprint density at radius 3 is 2.24 bits per heavy atom. The van der Waals surface area contributed by atoms with Gasteiger partial charge in [-0.3, -0.25) is 9.59 Å². The molecular formula is C15H12ClFN2O2. The summed E-state index contributed by atoms with van der Waals surface area (Å²) >= 11 is 5.90. The number of rotatable bonds is 4. The first-order chi connectivity index (χ1) is 10.0. The van der Waals surface area contributed by atoms with E-state index >= 15 is 0 Å². The second-order valence-corrected chi connectivity index (χ2v) is 4.67. The molecule has 0 saturated heterocycles. The monoisotopic (exact) mass is 306 g/mol. The molecule has 21 heavy (non-hydrogen) atoms. The summed E-state index contributed by atoms with van der Waals surface area (Å²) in [7, 11) is 0. The lowest BCUT2D eigenvalue weighted by Crippen LogP contribution is -2.21. The molecule has 0 aliphatic heterocycles. The highest BCUT2D eigenvalue weighted by atomic mass is 35.5. The van der Waals surface area contributed by atoms with Crippen molar-refractivity contribution in [3.05, 3.63) is 59.4 Å². The zero-order chi connectivity index (χ0) is 15.2. The number of hydrogen-bond acceptors (Lipinski definition) is 2. The highest BCUT2D eigenvalue weighted by Gasteiger charge is 2.11. The van der Waals surface area contributed by atoms with E-state index < -0.39 is 17.6 Å². The standard InChI is InChI=1S/C15H12ClFN2O2/c16-12-3-1-2-4-13(12)19-15(21)9-14(20)18-11-7-5-10(17)6-8-11/h1-8H,9H2,(H,18,20)(H,19,21). The molecule has 0 aliphatic rings. The number of carbonyl (C=O) groups is 2. The number of carbonyl (C=O) groups excluding carboxylic acids is 2. The Morgan fingerprint density at radius 2 is 1.57 bits per heavy atom. The fourth-order valence-electron chi connectivity index (χ4n) is 1.64. The van der Waals surface area contributed by atoms with Gasteiger partial charge in [-0.15, -0.1) is 0 Å². The van der Waals surface area contributed by atoms with Gasteiger partial charge in [-0.25, -0.2) is 4.39 Å². The zero-order valence-electron chi connectivity index (χ0n) is 10.9. The fourth-order valence-corrected chi connectivity index (χ4v) is 1.82. The van der Waals surface area contributed by atoms with Gasteiger partial charge in [0.05, 0.1) is 10.7 Å². The molecule has 0 aromatic heterocycles. The van der Waals surface area contributed by atoms with Crippen LogP contribution in [-0.2, 0) is 9.59 Å². The van der Waals surface area contributed by atoms with Crippen LogP contribution in [0.1, 0.15) is 6.42 Å². The van der Waals surface area contributed by atoms with Crippen molar-refractivity contribution in [2.75, 3.05) is 10.6 Å². The molecule has 0 fully saturated rings. The van der Waals surface area contributed by atoms with E-state index in [1.807, 2.05) is 0 Å². The third-order valence-electron chi connectivity index (χ3n) is 2.60. The van der Waals surface area contributed by atoms with Crippen LogP contribution in [0.2, 0.25) is 5.02 Å². The molecule has 0 heterocycles. The van der Waals surface area contributed by atoms with E-state index in [4.69, 9.17) is 11.6 Å². The first kappa shape index (κ1) is 15.0. The number of amides is 2. The van der Waals surface area contributed by atoms with Gasteiger partial charge in [-0.05, 0) is 36.4 Å². The molecule has 0 spiro atoms. The molecule has 2 aromatic carbocycles. The van der Waals surface area contributed by atoms with Crippen molar-refractivity contribution in [3.63, 3.8) is 0 Å². The normalized spacial score (nSPS) is 10.0. The summed E-state index contributed by atoms with van der Waals surface area (Å²) < 4.78 is 12.7. The maximum Gasteiger partial charge on any atom is 0.233 e. The lowest BCUT2D eigenvalue weighted by atomic mass is 10.2. The number of benzene rings is 2. The molecule has 0 saturated carbocycles. The molecule has 0 bridgehead atoms. The number of hydrogen-bond donors (Lipinski definition) is 2. The van der Waals surface area contributed by atoms with Crippen molar-refractivity contribution in [1.82, 2.24) is 0 Å². The van der Waals surface area contributed by atoms with E-state index in [-0.39, 0.29) is 6.42 Å². The summed E-state index contributed by atoms with van der Waals surface area (Å²) in [6.07, 6.45) is -0.359. The largest absolute Gasteiger partial charge is 0.326 e. The van der Waals surface area contributed by atoms with Crippen molar-refractivity contribution in [2.45, 2.75) is 6.42 Å². The summed E-state index contributed by atoms with van der Waals surface area (Å²) in [6.45, 7) is 0. The topological polar surface area (TPSA) is 58.2 Å². The second kappa shape index (κ2) is 6.85. The van der Waals surface area contributed by atoms with Gasteiger partial charge in [-0.2, -0.15) is 0 Å². The number of nitrogens with one attached hydrogen (secondary N) is 2. The maximum absolute atomic E-state index is 12.7. The van der Waals surface area contributed by atoms with Crippen LogP contribution in [0.15, 0.2) is 48.5 Å². The Kier molecular flexibility index (Phi) is 4.90. The van der Waals surface area contributed by atoms with Crippen LogP contribution in [0.3, 0.4) is 0 Å². The molecule has 2 rings (SSSR count). The maximum atomic E-state index is 12.7. The van der Waals surface area contributed by atoms with Gasteiger partial charge in [0.25, 0.3) is 0 Å². The van der Waals surface area contributed by atoms with E-state index in [1.165, 1.54) is 24.3 Å². The predicted octanol–water partition coefficient (Wildman–Crippen LogP) is 3.45. The lowest BCUT2D eigenvalue weighted by molar-refractivity contribution is -0.123. The molecule has 0 aliphatic carbocycles. The van der Waals surface area contributed by atoms with Gasteiger partial charge in [0.2, 0.25) is 11.8 Å². The molecule has 4 nitrogen and oxygen atoms in total. The Hall–Kier alpha value is -2.40. The SMILES string of the molecule is O=C(CC(=O)Nc1ccccc1Cl)Nc1ccc(F)cc1. The first-order valence-corrected chi connectivity index (χ1v) is 6.52. The quantitative estimate of drug-likeness (QED) is 0.850. The third-order valence-corrected chi connectivity index (χ3v) is 2.93. The summed E-state index contributed by atoms with van der Waals surface area (Å²) in [5.41, 5.74) is 0.866. The van der Waals surface area contributed by atoms with Gasteiger partial charge < -0.3 is 10.6 Å². The van der Waals surface area contributed by atoms with Crippen molar-refractivity contribution in [2.24, 2.45) is 0 Å². The minimum Gasteiger partial charge on any atom is -0.326 e. The summed E-state index contributed by atoms with van der Waals surface area (Å²) in [5, 5.41) is 5.44. The predicted molar refractivity (Wildman–Crippen MR) is 79.7 cm³/mol. The van der Waals surface area contributed by atoms with Gasteiger partial charge in [-0.1, -0.05) is 23.7 Å². The van der Waals surface area contributed by atoms with Crippen LogP contribution >= 0.6 is 11.6 Å². The first-order valence-electron chi connectivity index (χ1n) is 6.14. The molecule has 2 aromatic rings. The van der Waals surface area contributed by atoms with Crippen molar-refractivity contribution in [3.8, 4) is 0 Å². The van der Waals surface area contributed by atoms with Gasteiger partial charge in [0.1, 0.15) is 12.2 Å². The summed E-state index contributed by atoms with van der Waals surface area (Å²) in [4.78, 5) is 23.4. The smallest absolute Gasteiger partial charge is 0.233 e. The number of anilines is 2. The molecular weight excluding hydrogens is 295 g/mol. The van der Waals surface area contributed by atoms with Gasteiger partial charge >= 0.3 is 0 Å². The zero-order valence-corrected chi connectivity index (χ0v) is 11.7. The molecule has 2 amide bonds. The summed E-state index contributed by atoms with van der Waals surface area (Å²) in [5.74, 6) is -1.38. The molecule has 0 radical (unpaired) electrons. The Labute approximate surface area is 125 Å². The van der Waals surface area contributed by atoms with Crippen LogP contribution in [0, 0.1) is 5.82 Å². The fraction of sp³-hybridized carbons (Fsp3) is 0.0667. The van der Waals surface area contributed by atoms with E-state index in [9.17, 15) is 14.0 Å². The number of halogens is 2. The number of para-hydroxylation sites is 1. The second-order valence-electron chi connectivity index (χ2n) is 4.26. The van der Waals surface area contributed by atoms with E-state index in [2.05, 4.69) is 10.6 Å². The summed E-state index contributed by atoms with van der Waals surface area (Å²) in [6, 6.07) is 12.0. The minimum absolute atomic E-state index is 0.359. The van der Waals surface area contributed by atoms with E-state index in [0.29, 0.717) is 16.4 Å². The molecule has 6 heteroatoms.